The van der Waals surface area contributed by atoms with E-state index >= 15 is 0 Å². The Hall–Kier alpha value is -2.09. The van der Waals surface area contributed by atoms with Gasteiger partial charge in [0.15, 0.2) is 0 Å². The summed E-state index contributed by atoms with van der Waals surface area (Å²) < 4.78 is 0. The molecule has 0 saturated heterocycles. The largest absolute Gasteiger partial charge is 0.481 e. The zero-order valence-corrected chi connectivity index (χ0v) is 9.10. The Morgan fingerprint density at radius 3 is 1.88 bits per heavy atom. The summed E-state index contributed by atoms with van der Waals surface area (Å²) in [6.07, 6.45) is 0. The molecule has 0 aliphatic rings. The number of aliphatic carboxylic acids is 1. The third-order valence-corrected chi connectivity index (χ3v) is 2.56. The highest BCUT2D eigenvalue weighted by Crippen LogP contribution is 2.19. The lowest BCUT2D eigenvalue weighted by molar-refractivity contribution is -0.133. The average molecular weight is 257 g/mol. The van der Waals surface area contributed by atoms with Crippen molar-refractivity contribution in [2.75, 3.05) is 5.75 Å². The van der Waals surface area contributed by atoms with Gasteiger partial charge in [-0.15, -0.1) is 11.8 Å². The molecule has 90 valence electrons. The van der Waals surface area contributed by atoms with E-state index in [0.717, 1.165) is 23.9 Å². The molecule has 0 atom stereocenters. The Morgan fingerprint density at radius 2 is 1.53 bits per heavy atom. The van der Waals surface area contributed by atoms with E-state index in [1.165, 1.54) is 0 Å². The number of nitrogens with zero attached hydrogens (tertiary/aromatic N) is 1. The van der Waals surface area contributed by atoms with Crippen molar-refractivity contribution in [2.45, 2.75) is 4.90 Å². The first-order valence-electron chi connectivity index (χ1n) is 4.23. The molecule has 8 heteroatoms. The van der Waals surface area contributed by atoms with Gasteiger partial charge >= 0.3 is 17.9 Å². The molecule has 0 spiro atoms. The van der Waals surface area contributed by atoms with Gasteiger partial charge in [0.1, 0.15) is 11.4 Å². The second-order valence-corrected chi connectivity index (χ2v) is 3.91. The number of aromatic nitrogens is 1. The van der Waals surface area contributed by atoms with E-state index in [1.807, 2.05) is 0 Å². The number of carboxylic acids is 3. The quantitative estimate of drug-likeness (QED) is 0.657. The molecule has 1 heterocycles. The van der Waals surface area contributed by atoms with Crippen molar-refractivity contribution >= 4 is 29.7 Å². The van der Waals surface area contributed by atoms with Crippen LogP contribution in [0.2, 0.25) is 0 Å². The molecular formula is C9H7NO6S. The third kappa shape index (κ3) is 3.76. The van der Waals surface area contributed by atoms with Crippen molar-refractivity contribution in [1.82, 2.24) is 4.98 Å². The number of rotatable bonds is 5. The highest BCUT2D eigenvalue weighted by Gasteiger charge is 2.14. The van der Waals surface area contributed by atoms with Crippen LogP contribution in [0.15, 0.2) is 17.0 Å². The van der Waals surface area contributed by atoms with Gasteiger partial charge in [-0.05, 0) is 12.1 Å². The van der Waals surface area contributed by atoms with E-state index in [1.54, 1.807) is 0 Å². The maximum absolute atomic E-state index is 10.7. The molecule has 0 aliphatic heterocycles. The van der Waals surface area contributed by atoms with Gasteiger partial charge in [-0.25, -0.2) is 14.6 Å². The van der Waals surface area contributed by atoms with Gasteiger partial charge in [0.25, 0.3) is 0 Å². The Kier molecular flexibility index (Phi) is 4.05. The predicted molar refractivity (Wildman–Crippen MR) is 56.5 cm³/mol. The van der Waals surface area contributed by atoms with Crippen LogP contribution in [0.25, 0.3) is 0 Å². The Balaban J connectivity index is 3.08. The predicted octanol–water partition coefficient (Wildman–Crippen LogP) is 0.655. The Morgan fingerprint density at radius 1 is 1.06 bits per heavy atom. The van der Waals surface area contributed by atoms with Crippen LogP contribution in [0.3, 0.4) is 0 Å². The van der Waals surface area contributed by atoms with E-state index in [0.29, 0.717) is 0 Å². The van der Waals surface area contributed by atoms with Crippen LogP contribution in [0.1, 0.15) is 21.0 Å². The summed E-state index contributed by atoms with van der Waals surface area (Å²) in [6.45, 7) is 0. The topological polar surface area (TPSA) is 125 Å². The minimum Gasteiger partial charge on any atom is -0.481 e. The van der Waals surface area contributed by atoms with E-state index in [9.17, 15) is 14.4 Å². The third-order valence-electron chi connectivity index (χ3n) is 1.60. The van der Waals surface area contributed by atoms with Crippen LogP contribution in [-0.2, 0) is 4.79 Å². The van der Waals surface area contributed by atoms with Gasteiger partial charge in [0, 0.05) is 4.90 Å². The maximum Gasteiger partial charge on any atom is 0.354 e. The molecule has 1 rings (SSSR count). The lowest BCUT2D eigenvalue weighted by Crippen LogP contribution is -2.08. The van der Waals surface area contributed by atoms with Gasteiger partial charge in [0.2, 0.25) is 0 Å². The molecule has 0 aliphatic carbocycles. The van der Waals surface area contributed by atoms with Crippen LogP contribution >= 0.6 is 11.8 Å². The van der Waals surface area contributed by atoms with Gasteiger partial charge in [-0.2, -0.15) is 0 Å². The minimum absolute atomic E-state index is 0.234. The van der Waals surface area contributed by atoms with Crippen LogP contribution in [-0.4, -0.2) is 44.0 Å². The van der Waals surface area contributed by atoms with Crippen molar-refractivity contribution in [3.8, 4) is 0 Å². The summed E-state index contributed by atoms with van der Waals surface area (Å²) in [5.74, 6) is -4.11. The van der Waals surface area contributed by atoms with Gasteiger partial charge < -0.3 is 15.3 Å². The number of carboxylic acid groups (broad SMARTS) is 3. The first kappa shape index (κ1) is 13.0. The van der Waals surface area contributed by atoms with Crippen molar-refractivity contribution in [3.63, 3.8) is 0 Å². The lowest BCUT2D eigenvalue weighted by Gasteiger charge is -2.02. The SMILES string of the molecule is O=C(O)CSc1cc(C(=O)O)nc(C(=O)O)c1. The van der Waals surface area contributed by atoms with Crippen LogP contribution in [0.4, 0.5) is 0 Å². The highest BCUT2D eigenvalue weighted by molar-refractivity contribution is 8.00. The number of aromatic carboxylic acids is 2. The molecule has 17 heavy (non-hydrogen) atoms. The van der Waals surface area contributed by atoms with E-state index in [4.69, 9.17) is 15.3 Å². The molecule has 0 fully saturated rings. The van der Waals surface area contributed by atoms with Crippen LogP contribution < -0.4 is 0 Å². The van der Waals surface area contributed by atoms with Crippen LogP contribution in [0, 0.1) is 0 Å². The molecule has 0 saturated carbocycles. The fourth-order valence-corrected chi connectivity index (χ4v) is 1.63. The molecule has 3 N–H and O–H groups in total. The molecule has 0 unspecified atom stereocenters. The Labute approximate surface area is 99.1 Å². The molecule has 7 nitrogen and oxygen atoms in total. The molecule has 0 amide bonds. The second kappa shape index (κ2) is 5.30. The zero-order valence-electron chi connectivity index (χ0n) is 8.28. The molecule has 0 aromatic carbocycles. The summed E-state index contributed by atoms with van der Waals surface area (Å²) in [5, 5.41) is 25.9. The number of carbonyl (C=O) groups is 3. The maximum atomic E-state index is 10.7. The minimum atomic E-state index is -1.37. The lowest BCUT2D eigenvalue weighted by atomic mass is 10.3. The summed E-state index contributed by atoms with van der Waals surface area (Å²) in [4.78, 5) is 35.3. The summed E-state index contributed by atoms with van der Waals surface area (Å²) >= 11 is 0.825. The molecular weight excluding hydrogens is 250 g/mol. The van der Waals surface area contributed by atoms with Crippen molar-refractivity contribution in [2.24, 2.45) is 0 Å². The first-order chi connectivity index (χ1) is 7.90. The van der Waals surface area contributed by atoms with Crippen molar-refractivity contribution in [1.29, 1.82) is 0 Å². The fraction of sp³-hybridized carbons (Fsp3) is 0.111. The van der Waals surface area contributed by atoms with Gasteiger partial charge in [-0.3, -0.25) is 4.79 Å². The average Bonchev–Trinajstić information content (AvgIpc) is 2.25. The summed E-state index contributed by atoms with van der Waals surface area (Å²) in [6, 6.07) is 2.25. The monoisotopic (exact) mass is 257 g/mol. The van der Waals surface area contributed by atoms with E-state index < -0.39 is 29.3 Å². The van der Waals surface area contributed by atoms with Crippen molar-refractivity contribution in [3.05, 3.63) is 23.5 Å². The summed E-state index contributed by atoms with van der Waals surface area (Å²) in [5.41, 5.74) is -0.865. The smallest absolute Gasteiger partial charge is 0.354 e. The van der Waals surface area contributed by atoms with Crippen LogP contribution in [0.5, 0.6) is 0 Å². The number of hydrogen-bond donors (Lipinski definition) is 3. The summed E-state index contributed by atoms with van der Waals surface area (Å²) in [7, 11) is 0. The van der Waals surface area contributed by atoms with Crippen molar-refractivity contribution < 1.29 is 29.7 Å². The van der Waals surface area contributed by atoms with Gasteiger partial charge in [0.05, 0.1) is 5.75 Å². The van der Waals surface area contributed by atoms with E-state index in [-0.39, 0.29) is 10.6 Å². The first-order valence-corrected chi connectivity index (χ1v) is 5.22. The number of thioether (sulfide) groups is 1. The molecule has 0 bridgehead atoms. The molecule has 0 radical (unpaired) electrons. The van der Waals surface area contributed by atoms with Gasteiger partial charge in [-0.1, -0.05) is 0 Å². The second-order valence-electron chi connectivity index (χ2n) is 2.87. The number of hydrogen-bond acceptors (Lipinski definition) is 5. The highest BCUT2D eigenvalue weighted by atomic mass is 32.2. The molecule has 1 aromatic rings. The Bertz CT molecular complexity index is 454. The molecule has 1 aromatic heterocycles. The fourth-order valence-electron chi connectivity index (χ4n) is 0.953. The van der Waals surface area contributed by atoms with E-state index in [2.05, 4.69) is 4.98 Å². The normalized spacial score (nSPS) is 9.88. The standard InChI is InChI=1S/C9H7NO6S/c11-7(12)3-17-4-1-5(8(13)14)10-6(2-4)9(15)16/h1-2H,3H2,(H,11,12)(H,13,14)(H,15,16). The number of pyridine rings is 1. The zero-order chi connectivity index (χ0) is 13.0.